The fourth-order valence-corrected chi connectivity index (χ4v) is 3.12. The van der Waals surface area contributed by atoms with E-state index >= 15 is 0 Å². The van der Waals surface area contributed by atoms with Gasteiger partial charge in [-0.3, -0.25) is 4.99 Å². The summed E-state index contributed by atoms with van der Waals surface area (Å²) in [4.78, 5) is 16.0. The predicted molar refractivity (Wildman–Crippen MR) is 106 cm³/mol. The molecule has 0 atom stereocenters. The second-order valence-electron chi connectivity index (χ2n) is 6.18. The Labute approximate surface area is 157 Å². The first-order valence-electron chi connectivity index (χ1n) is 8.20. The van der Waals surface area contributed by atoms with Crippen molar-refractivity contribution in [3.05, 3.63) is 81.6 Å². The smallest absolute Gasteiger partial charge is 0.337 e. The van der Waals surface area contributed by atoms with Crippen molar-refractivity contribution >= 4 is 29.5 Å². The van der Waals surface area contributed by atoms with Gasteiger partial charge >= 0.3 is 5.97 Å². The molecule has 0 aliphatic heterocycles. The molecular weight excluding hydrogens is 348 g/mol. The summed E-state index contributed by atoms with van der Waals surface area (Å²) in [6, 6.07) is 14.6. The number of aryl methyl sites for hydroxylation is 2. The molecule has 2 aromatic carbocycles. The van der Waals surface area contributed by atoms with Crippen LogP contribution in [0.3, 0.4) is 0 Å². The molecule has 0 spiro atoms. The number of aromatic carboxylic acids is 1. The standard InChI is InChI=1S/C21H19ClN2O2/c1-13-8-9-17(11-19(13)22)23-12-16-10-14(2)24(15(16)3)20-7-5-4-6-18(20)21(25)26/h4-12H,1-3H3,(H,25,26). The van der Waals surface area contributed by atoms with Crippen molar-refractivity contribution in [1.29, 1.82) is 0 Å². The summed E-state index contributed by atoms with van der Waals surface area (Å²) >= 11 is 6.15. The number of halogens is 1. The van der Waals surface area contributed by atoms with Gasteiger partial charge in [-0.2, -0.15) is 0 Å². The molecule has 0 bridgehead atoms. The molecule has 0 unspecified atom stereocenters. The fourth-order valence-electron chi connectivity index (χ4n) is 2.94. The van der Waals surface area contributed by atoms with E-state index in [1.54, 1.807) is 18.3 Å². The van der Waals surface area contributed by atoms with Gasteiger partial charge in [-0.05, 0) is 56.7 Å². The lowest BCUT2D eigenvalue weighted by molar-refractivity contribution is 0.0697. The predicted octanol–water partition coefficient (Wildman–Crippen LogP) is 5.50. The highest BCUT2D eigenvalue weighted by Crippen LogP contribution is 2.25. The summed E-state index contributed by atoms with van der Waals surface area (Å²) in [5.74, 6) is -0.947. The molecule has 26 heavy (non-hydrogen) atoms. The largest absolute Gasteiger partial charge is 0.478 e. The third-order valence-corrected chi connectivity index (χ3v) is 4.76. The quantitative estimate of drug-likeness (QED) is 0.619. The van der Waals surface area contributed by atoms with E-state index in [9.17, 15) is 9.90 Å². The number of carboxylic acid groups (broad SMARTS) is 1. The van der Waals surface area contributed by atoms with Gasteiger partial charge < -0.3 is 9.67 Å². The molecule has 0 amide bonds. The number of nitrogens with zero attached hydrogens (tertiary/aromatic N) is 2. The highest BCUT2D eigenvalue weighted by molar-refractivity contribution is 6.31. The van der Waals surface area contributed by atoms with Gasteiger partial charge in [0.05, 0.1) is 16.9 Å². The lowest BCUT2D eigenvalue weighted by atomic mass is 10.1. The molecule has 132 valence electrons. The molecule has 3 aromatic rings. The third kappa shape index (κ3) is 3.41. The molecule has 1 N–H and O–H groups in total. The molecule has 0 radical (unpaired) electrons. The van der Waals surface area contributed by atoms with Gasteiger partial charge in [-0.25, -0.2) is 4.79 Å². The lowest BCUT2D eigenvalue weighted by Crippen LogP contribution is -2.07. The van der Waals surface area contributed by atoms with Crippen LogP contribution in [-0.4, -0.2) is 21.9 Å². The van der Waals surface area contributed by atoms with E-state index in [4.69, 9.17) is 11.6 Å². The normalized spacial score (nSPS) is 11.2. The zero-order valence-corrected chi connectivity index (χ0v) is 15.6. The summed E-state index contributed by atoms with van der Waals surface area (Å²) in [5.41, 5.74) is 5.50. The summed E-state index contributed by atoms with van der Waals surface area (Å²) in [6.07, 6.45) is 1.78. The number of benzene rings is 2. The second kappa shape index (κ2) is 7.18. The van der Waals surface area contributed by atoms with E-state index in [1.807, 2.05) is 61.7 Å². The molecule has 4 nitrogen and oxygen atoms in total. The Morgan fingerprint density at radius 2 is 1.85 bits per heavy atom. The molecule has 0 saturated carbocycles. The van der Waals surface area contributed by atoms with Gasteiger partial charge in [-0.1, -0.05) is 29.8 Å². The minimum absolute atomic E-state index is 0.267. The Bertz CT molecular complexity index is 1020. The zero-order valence-electron chi connectivity index (χ0n) is 14.8. The van der Waals surface area contributed by atoms with Gasteiger partial charge in [0.2, 0.25) is 0 Å². The van der Waals surface area contributed by atoms with E-state index in [0.29, 0.717) is 10.7 Å². The van der Waals surface area contributed by atoms with Crippen LogP contribution in [0.15, 0.2) is 53.5 Å². The summed E-state index contributed by atoms with van der Waals surface area (Å²) in [6.45, 7) is 5.85. The van der Waals surface area contributed by atoms with Crippen LogP contribution in [0.2, 0.25) is 5.02 Å². The Balaban J connectivity index is 2.03. The maximum Gasteiger partial charge on any atom is 0.337 e. The minimum atomic E-state index is -0.947. The first-order valence-corrected chi connectivity index (χ1v) is 8.58. The molecule has 3 rings (SSSR count). The first kappa shape index (κ1) is 18.0. The Morgan fingerprint density at radius 3 is 2.54 bits per heavy atom. The average Bonchev–Trinajstić information content (AvgIpc) is 2.89. The van der Waals surface area contributed by atoms with E-state index in [0.717, 1.165) is 28.2 Å². The lowest BCUT2D eigenvalue weighted by Gasteiger charge is -2.12. The van der Waals surface area contributed by atoms with Crippen LogP contribution in [-0.2, 0) is 0 Å². The van der Waals surface area contributed by atoms with Crippen LogP contribution in [0, 0.1) is 20.8 Å². The molecule has 1 heterocycles. The first-order chi connectivity index (χ1) is 12.4. The van der Waals surface area contributed by atoms with Gasteiger partial charge in [0.15, 0.2) is 0 Å². The van der Waals surface area contributed by atoms with Crippen molar-refractivity contribution in [2.24, 2.45) is 4.99 Å². The number of carboxylic acids is 1. The van der Waals surface area contributed by atoms with E-state index in [1.165, 1.54) is 0 Å². The number of para-hydroxylation sites is 1. The van der Waals surface area contributed by atoms with Crippen LogP contribution in [0.1, 0.15) is 32.9 Å². The third-order valence-electron chi connectivity index (χ3n) is 4.35. The van der Waals surface area contributed by atoms with Crippen molar-refractivity contribution in [2.45, 2.75) is 20.8 Å². The molecular formula is C21H19ClN2O2. The van der Waals surface area contributed by atoms with E-state index in [2.05, 4.69) is 4.99 Å². The molecule has 0 fully saturated rings. The number of aromatic nitrogens is 1. The number of hydrogen-bond acceptors (Lipinski definition) is 2. The van der Waals surface area contributed by atoms with Gasteiger partial charge in [-0.15, -0.1) is 0 Å². The van der Waals surface area contributed by atoms with Crippen molar-refractivity contribution < 1.29 is 9.90 Å². The van der Waals surface area contributed by atoms with Crippen molar-refractivity contribution in [1.82, 2.24) is 4.57 Å². The van der Waals surface area contributed by atoms with Crippen LogP contribution in [0.25, 0.3) is 5.69 Å². The van der Waals surface area contributed by atoms with Crippen molar-refractivity contribution in [3.63, 3.8) is 0 Å². The summed E-state index contributed by atoms with van der Waals surface area (Å²) < 4.78 is 1.94. The SMILES string of the molecule is Cc1ccc(N=Cc2cc(C)n(-c3ccccc3C(=O)O)c2C)cc1Cl. The minimum Gasteiger partial charge on any atom is -0.478 e. The topological polar surface area (TPSA) is 54.6 Å². The number of aliphatic imine (C=N–C) groups is 1. The van der Waals surface area contributed by atoms with Crippen LogP contribution in [0.5, 0.6) is 0 Å². The molecule has 5 heteroatoms. The van der Waals surface area contributed by atoms with Crippen molar-refractivity contribution in [3.8, 4) is 5.69 Å². The number of carbonyl (C=O) groups is 1. The molecule has 0 aliphatic carbocycles. The maximum atomic E-state index is 11.5. The van der Waals surface area contributed by atoms with Gasteiger partial charge in [0.25, 0.3) is 0 Å². The fraction of sp³-hybridized carbons (Fsp3) is 0.143. The maximum absolute atomic E-state index is 11.5. The number of rotatable bonds is 4. The Morgan fingerprint density at radius 1 is 1.12 bits per heavy atom. The second-order valence-corrected chi connectivity index (χ2v) is 6.58. The molecule has 1 aromatic heterocycles. The molecule has 0 aliphatic rings. The Kier molecular flexibility index (Phi) is 4.96. The highest BCUT2D eigenvalue weighted by atomic mass is 35.5. The van der Waals surface area contributed by atoms with Crippen molar-refractivity contribution in [2.75, 3.05) is 0 Å². The number of hydrogen-bond donors (Lipinski definition) is 1. The summed E-state index contributed by atoms with van der Waals surface area (Å²) in [5, 5.41) is 10.1. The van der Waals surface area contributed by atoms with Crippen LogP contribution in [0.4, 0.5) is 5.69 Å². The average molecular weight is 367 g/mol. The van der Waals surface area contributed by atoms with Gasteiger partial charge in [0, 0.05) is 28.2 Å². The summed E-state index contributed by atoms with van der Waals surface area (Å²) in [7, 11) is 0. The zero-order chi connectivity index (χ0) is 18.8. The van der Waals surface area contributed by atoms with E-state index in [-0.39, 0.29) is 5.56 Å². The van der Waals surface area contributed by atoms with Crippen LogP contribution < -0.4 is 0 Å². The van der Waals surface area contributed by atoms with Gasteiger partial charge in [0.1, 0.15) is 0 Å². The van der Waals surface area contributed by atoms with E-state index < -0.39 is 5.97 Å². The molecule has 0 saturated heterocycles. The monoisotopic (exact) mass is 366 g/mol. The highest BCUT2D eigenvalue weighted by Gasteiger charge is 2.15. The van der Waals surface area contributed by atoms with Crippen LogP contribution >= 0.6 is 11.6 Å². The Hall–Kier alpha value is -2.85.